The Balaban J connectivity index is 1.43. The topological polar surface area (TPSA) is 43.9 Å². The van der Waals surface area contributed by atoms with Crippen LogP contribution in [-0.4, -0.2) is 14.5 Å². The van der Waals surface area contributed by atoms with E-state index in [0.717, 1.165) is 72.0 Å². The van der Waals surface area contributed by atoms with Gasteiger partial charge >= 0.3 is 0 Å². The van der Waals surface area contributed by atoms with Gasteiger partial charge in [-0.25, -0.2) is 0 Å². The summed E-state index contributed by atoms with van der Waals surface area (Å²) in [4.78, 5) is 8.47. The highest BCUT2D eigenvalue weighted by atomic mass is 16.3. The molecule has 4 heterocycles. The zero-order valence-electron chi connectivity index (χ0n) is 21.5. The zero-order valence-corrected chi connectivity index (χ0v) is 21.5. The van der Waals surface area contributed by atoms with Gasteiger partial charge in [0, 0.05) is 46.8 Å². The highest BCUT2D eigenvalue weighted by Crippen LogP contribution is 2.41. The van der Waals surface area contributed by atoms with E-state index in [1.54, 1.807) is 0 Å². The molecule has 0 radical (unpaired) electrons. The molecule has 0 N–H and O–H groups in total. The van der Waals surface area contributed by atoms with Crippen LogP contribution < -0.4 is 0 Å². The van der Waals surface area contributed by atoms with Crippen molar-refractivity contribution in [2.24, 2.45) is 0 Å². The second-order valence-corrected chi connectivity index (χ2v) is 9.95. The van der Waals surface area contributed by atoms with Crippen molar-refractivity contribution >= 4 is 32.8 Å². The minimum atomic E-state index is 0.875. The number of para-hydroxylation sites is 1. The van der Waals surface area contributed by atoms with E-state index in [1.165, 1.54) is 0 Å². The molecule has 0 unspecified atom stereocenters. The van der Waals surface area contributed by atoms with E-state index in [-0.39, 0.29) is 0 Å². The van der Waals surface area contributed by atoms with E-state index in [1.807, 2.05) is 43.0 Å². The maximum Gasteiger partial charge on any atom is 0.144 e. The number of nitrogens with zero attached hydrogens (tertiary/aromatic N) is 3. The van der Waals surface area contributed by atoms with Crippen LogP contribution >= 0.6 is 0 Å². The third kappa shape index (κ3) is 3.62. The first-order valence-electron chi connectivity index (χ1n) is 13.3. The number of hydrogen-bond donors (Lipinski definition) is 0. The molecule has 4 aromatic carbocycles. The van der Waals surface area contributed by atoms with Gasteiger partial charge in [-0.1, -0.05) is 48.5 Å². The highest BCUT2D eigenvalue weighted by molar-refractivity contribution is 6.20. The van der Waals surface area contributed by atoms with Crippen molar-refractivity contribution in [2.75, 3.05) is 0 Å². The second-order valence-electron chi connectivity index (χ2n) is 9.95. The van der Waals surface area contributed by atoms with Gasteiger partial charge in [-0.2, -0.15) is 0 Å². The largest absolute Gasteiger partial charge is 0.455 e. The molecule has 188 valence electrons. The number of aromatic nitrogens is 3. The van der Waals surface area contributed by atoms with Crippen LogP contribution in [0.15, 0.2) is 144 Å². The van der Waals surface area contributed by atoms with Gasteiger partial charge in [0.2, 0.25) is 0 Å². The first-order chi connectivity index (χ1) is 19.8. The predicted molar refractivity (Wildman–Crippen MR) is 162 cm³/mol. The first-order valence-corrected chi connectivity index (χ1v) is 13.3. The number of fused-ring (bicyclic) bond motifs is 5. The van der Waals surface area contributed by atoms with Crippen molar-refractivity contribution in [3.05, 3.63) is 140 Å². The number of rotatable bonds is 4. The van der Waals surface area contributed by atoms with Gasteiger partial charge in [-0.05, 0) is 89.0 Å². The van der Waals surface area contributed by atoms with Gasteiger partial charge in [0.25, 0.3) is 0 Å². The third-order valence-electron chi connectivity index (χ3n) is 7.58. The van der Waals surface area contributed by atoms with Crippen LogP contribution in [0.4, 0.5) is 0 Å². The summed E-state index contributed by atoms with van der Waals surface area (Å²) in [5.74, 6) is 0.875. The normalized spacial score (nSPS) is 11.5. The van der Waals surface area contributed by atoms with Crippen LogP contribution in [0.1, 0.15) is 0 Å². The lowest BCUT2D eigenvalue weighted by molar-refractivity contribution is 0.635. The summed E-state index contributed by atoms with van der Waals surface area (Å²) in [6, 6.07) is 40.3. The minimum absolute atomic E-state index is 0.875. The van der Waals surface area contributed by atoms with Gasteiger partial charge in [0.1, 0.15) is 11.3 Å². The predicted octanol–water partition coefficient (Wildman–Crippen LogP) is 9.32. The fourth-order valence-corrected chi connectivity index (χ4v) is 5.73. The van der Waals surface area contributed by atoms with Gasteiger partial charge in [0.05, 0.1) is 16.4 Å². The molecular formula is C36H23N3O. The number of benzene rings is 4. The maximum atomic E-state index is 6.58. The summed E-state index contributed by atoms with van der Waals surface area (Å²) in [6.07, 6.45) is 7.36. The van der Waals surface area contributed by atoms with E-state index in [4.69, 9.17) is 4.42 Å². The smallest absolute Gasteiger partial charge is 0.144 e. The molecular weight excluding hydrogens is 490 g/mol. The first kappa shape index (κ1) is 22.5. The molecule has 0 bridgehead atoms. The van der Waals surface area contributed by atoms with E-state index in [2.05, 4.69) is 112 Å². The highest BCUT2D eigenvalue weighted by Gasteiger charge is 2.19. The summed E-state index contributed by atoms with van der Waals surface area (Å²) < 4.78 is 8.93. The monoisotopic (exact) mass is 513 g/mol. The quantitative estimate of drug-likeness (QED) is 0.235. The van der Waals surface area contributed by atoms with Crippen molar-refractivity contribution in [1.29, 1.82) is 0 Å². The van der Waals surface area contributed by atoms with Gasteiger partial charge in [-0.3, -0.25) is 9.97 Å². The second kappa shape index (κ2) is 9.07. The van der Waals surface area contributed by atoms with Crippen molar-refractivity contribution in [1.82, 2.24) is 14.5 Å². The summed E-state index contributed by atoms with van der Waals surface area (Å²) >= 11 is 0. The van der Waals surface area contributed by atoms with Crippen molar-refractivity contribution < 1.29 is 4.42 Å². The molecule has 0 saturated heterocycles. The van der Waals surface area contributed by atoms with Gasteiger partial charge in [0.15, 0.2) is 0 Å². The Hall–Kier alpha value is -5.48. The van der Waals surface area contributed by atoms with Crippen LogP contribution in [0.2, 0.25) is 0 Å². The fraction of sp³-hybridized carbons (Fsp3) is 0. The molecule has 8 aromatic rings. The molecule has 0 aliphatic heterocycles. The molecule has 8 rings (SSSR count). The van der Waals surface area contributed by atoms with E-state index in [9.17, 15) is 0 Å². The fourth-order valence-electron chi connectivity index (χ4n) is 5.73. The minimum Gasteiger partial charge on any atom is -0.455 e. The molecule has 0 aliphatic carbocycles. The summed E-state index contributed by atoms with van der Waals surface area (Å²) in [7, 11) is 0. The molecule has 40 heavy (non-hydrogen) atoms. The van der Waals surface area contributed by atoms with E-state index < -0.39 is 0 Å². The number of hydrogen-bond acceptors (Lipinski definition) is 3. The lowest BCUT2D eigenvalue weighted by Gasteiger charge is -2.14. The maximum absolute atomic E-state index is 6.58. The Morgan fingerprint density at radius 3 is 1.85 bits per heavy atom. The molecule has 0 saturated carbocycles. The summed E-state index contributed by atoms with van der Waals surface area (Å²) in [6.45, 7) is 0. The Morgan fingerprint density at radius 2 is 1.15 bits per heavy atom. The van der Waals surface area contributed by atoms with Crippen LogP contribution in [0, 0.1) is 0 Å². The molecule has 4 heteroatoms. The van der Waals surface area contributed by atoms with E-state index in [0.29, 0.717) is 0 Å². The lowest BCUT2D eigenvalue weighted by Crippen LogP contribution is -1.96. The summed E-state index contributed by atoms with van der Waals surface area (Å²) in [5.41, 5.74) is 9.80. The average molecular weight is 514 g/mol. The van der Waals surface area contributed by atoms with Crippen LogP contribution in [0.3, 0.4) is 0 Å². The third-order valence-corrected chi connectivity index (χ3v) is 7.58. The average Bonchev–Trinajstić information content (AvgIpc) is 3.62. The Bertz CT molecular complexity index is 2090. The Kier molecular flexibility index (Phi) is 5.10. The van der Waals surface area contributed by atoms with Crippen molar-refractivity contribution in [3.63, 3.8) is 0 Å². The molecule has 4 nitrogen and oxygen atoms in total. The summed E-state index contributed by atoms with van der Waals surface area (Å²) in [5, 5.41) is 3.38. The molecule has 0 atom stereocenters. The van der Waals surface area contributed by atoms with Crippen LogP contribution in [0.25, 0.3) is 72.0 Å². The standard InChI is InChI=1S/C36H23N3O/c1-2-6-26(7-3-1)34-23-27-10-11-33-35(36(27)40-34)31-8-4-5-9-32(31)39(33)30-21-28(24-12-16-37-17-13-24)20-29(22-30)25-14-18-38-19-15-25/h1-23H. The van der Waals surface area contributed by atoms with Crippen LogP contribution in [-0.2, 0) is 0 Å². The molecule has 0 aliphatic rings. The number of pyridine rings is 2. The van der Waals surface area contributed by atoms with Crippen molar-refractivity contribution in [2.45, 2.75) is 0 Å². The molecule has 0 spiro atoms. The molecule has 0 fully saturated rings. The van der Waals surface area contributed by atoms with Gasteiger partial charge < -0.3 is 8.98 Å². The SMILES string of the molecule is c1ccc(-c2cc3ccc4c(c5ccccc5n4-c4cc(-c5ccncc5)cc(-c5ccncc5)c4)c3o2)cc1. The molecule has 4 aromatic heterocycles. The van der Waals surface area contributed by atoms with Crippen molar-refractivity contribution in [3.8, 4) is 39.3 Å². The Morgan fingerprint density at radius 1 is 0.500 bits per heavy atom. The van der Waals surface area contributed by atoms with E-state index >= 15 is 0 Å². The zero-order chi connectivity index (χ0) is 26.5. The Labute approximate surface area is 230 Å². The lowest BCUT2D eigenvalue weighted by atomic mass is 9.99. The van der Waals surface area contributed by atoms with Gasteiger partial charge in [-0.15, -0.1) is 0 Å². The number of furan rings is 1. The van der Waals surface area contributed by atoms with Crippen LogP contribution in [0.5, 0.6) is 0 Å². The molecule has 0 amide bonds.